The average Bonchev–Trinajstić information content (AvgIpc) is 2.29. The molecule has 5 nitrogen and oxygen atoms in total. The highest BCUT2D eigenvalue weighted by molar-refractivity contribution is 5.89. The number of allylic oxidation sites excluding steroid dienone is 1. The van der Waals surface area contributed by atoms with Crippen molar-refractivity contribution in [2.45, 2.75) is 6.92 Å². The molecule has 1 aromatic carbocycles. The number of non-ortho nitro benzene ring substituents is 1. The Balaban J connectivity index is 2.66. The fourth-order valence-corrected chi connectivity index (χ4v) is 1.02. The van der Waals surface area contributed by atoms with Crippen LogP contribution >= 0.6 is 0 Å². The molecule has 84 valence electrons. The van der Waals surface area contributed by atoms with Gasteiger partial charge >= 0.3 is 5.97 Å². The zero-order valence-electron chi connectivity index (χ0n) is 8.75. The van der Waals surface area contributed by atoms with Gasteiger partial charge in [0.15, 0.2) is 0 Å². The number of rotatable bonds is 4. The van der Waals surface area contributed by atoms with E-state index in [4.69, 9.17) is 4.74 Å². The predicted molar refractivity (Wildman–Crippen MR) is 58.2 cm³/mol. The first-order chi connectivity index (χ1) is 7.65. The second-order valence-corrected chi connectivity index (χ2v) is 2.97. The largest absolute Gasteiger partial charge is 0.458 e. The van der Waals surface area contributed by atoms with Crippen molar-refractivity contribution in [1.82, 2.24) is 0 Å². The van der Waals surface area contributed by atoms with Crippen molar-refractivity contribution in [3.8, 4) is 0 Å². The molecule has 1 rings (SSSR count). The maximum absolute atomic E-state index is 11.4. The van der Waals surface area contributed by atoms with Crippen molar-refractivity contribution in [2.75, 3.05) is 6.61 Å². The number of ether oxygens (including phenoxy) is 1. The van der Waals surface area contributed by atoms with E-state index in [9.17, 15) is 14.9 Å². The minimum absolute atomic E-state index is 0.0509. The predicted octanol–water partition coefficient (Wildman–Crippen LogP) is 2.33. The Kier molecular flexibility index (Phi) is 4.20. The smallest absolute Gasteiger partial charge is 0.338 e. The van der Waals surface area contributed by atoms with Crippen LogP contribution in [0.15, 0.2) is 36.4 Å². The van der Waals surface area contributed by atoms with Gasteiger partial charge in [-0.05, 0) is 19.1 Å². The van der Waals surface area contributed by atoms with E-state index in [1.54, 1.807) is 12.2 Å². The van der Waals surface area contributed by atoms with Crippen LogP contribution in [0.25, 0.3) is 0 Å². The van der Waals surface area contributed by atoms with Crippen LogP contribution in [0.2, 0.25) is 0 Å². The second kappa shape index (κ2) is 5.65. The van der Waals surface area contributed by atoms with Gasteiger partial charge < -0.3 is 4.74 Å². The van der Waals surface area contributed by atoms with Gasteiger partial charge in [-0.3, -0.25) is 10.1 Å². The molecule has 1 aromatic rings. The summed E-state index contributed by atoms with van der Waals surface area (Å²) in [6, 6.07) is 5.28. The molecule has 0 aliphatic rings. The number of nitrogens with zero attached hydrogens (tertiary/aromatic N) is 1. The molecule has 0 spiro atoms. The third kappa shape index (κ3) is 3.20. The van der Waals surface area contributed by atoms with Gasteiger partial charge in [0.25, 0.3) is 5.69 Å². The Hall–Kier alpha value is -2.17. The number of carbonyl (C=O) groups excluding carboxylic acids is 1. The molecule has 0 atom stereocenters. The quantitative estimate of drug-likeness (QED) is 0.338. The Morgan fingerprint density at radius 2 is 2.06 bits per heavy atom. The number of carbonyl (C=O) groups is 1. The molecule has 5 heteroatoms. The summed E-state index contributed by atoms with van der Waals surface area (Å²) in [5.74, 6) is -0.493. The highest BCUT2D eigenvalue weighted by atomic mass is 16.6. The van der Waals surface area contributed by atoms with E-state index in [0.29, 0.717) is 5.56 Å². The van der Waals surface area contributed by atoms with Gasteiger partial charge in [-0.15, -0.1) is 0 Å². The van der Waals surface area contributed by atoms with Gasteiger partial charge in [-0.25, -0.2) is 4.79 Å². The van der Waals surface area contributed by atoms with E-state index in [1.165, 1.54) is 24.3 Å². The molecule has 0 N–H and O–H groups in total. The van der Waals surface area contributed by atoms with Crippen LogP contribution < -0.4 is 0 Å². The molecule has 0 aliphatic heterocycles. The number of nitro benzene ring substituents is 1. The van der Waals surface area contributed by atoms with E-state index in [2.05, 4.69) is 0 Å². The Bertz CT molecular complexity index is 408. The molecule has 0 unspecified atom stereocenters. The summed E-state index contributed by atoms with van der Waals surface area (Å²) in [5.41, 5.74) is 0.250. The van der Waals surface area contributed by atoms with Crippen LogP contribution in [0.3, 0.4) is 0 Å². The summed E-state index contributed by atoms with van der Waals surface area (Å²) in [5, 5.41) is 10.4. The summed E-state index contributed by atoms with van der Waals surface area (Å²) in [4.78, 5) is 21.2. The molecule has 0 aromatic heterocycles. The summed E-state index contributed by atoms with van der Waals surface area (Å²) in [6.45, 7) is 2.02. The highest BCUT2D eigenvalue weighted by Crippen LogP contribution is 2.12. The lowest BCUT2D eigenvalue weighted by Crippen LogP contribution is -2.04. The van der Waals surface area contributed by atoms with E-state index < -0.39 is 10.9 Å². The van der Waals surface area contributed by atoms with Gasteiger partial charge in [0.1, 0.15) is 6.61 Å². The molecule has 0 saturated heterocycles. The van der Waals surface area contributed by atoms with Crippen LogP contribution in [0.5, 0.6) is 0 Å². The molecule has 0 saturated carbocycles. The fourth-order valence-electron chi connectivity index (χ4n) is 1.02. The molecule has 0 fully saturated rings. The number of nitro groups is 1. The summed E-state index contributed by atoms with van der Waals surface area (Å²) >= 11 is 0. The average molecular weight is 221 g/mol. The third-order valence-electron chi connectivity index (χ3n) is 1.86. The standard InChI is InChI=1S/C11H11NO4/c1-2-3-8-16-11(13)9-4-6-10(7-5-9)12(14)15/h2-7H,8H2,1H3. The third-order valence-corrected chi connectivity index (χ3v) is 1.86. The normalized spacial score (nSPS) is 10.3. The van der Waals surface area contributed by atoms with Crippen molar-refractivity contribution in [1.29, 1.82) is 0 Å². The SMILES string of the molecule is CC=CCOC(=O)c1ccc([N+](=O)[O-])cc1. The minimum atomic E-state index is -0.519. The first kappa shape index (κ1) is 11.9. The van der Waals surface area contributed by atoms with Gasteiger partial charge in [0.2, 0.25) is 0 Å². The zero-order chi connectivity index (χ0) is 12.0. The first-order valence-corrected chi connectivity index (χ1v) is 4.68. The lowest BCUT2D eigenvalue weighted by molar-refractivity contribution is -0.384. The van der Waals surface area contributed by atoms with Crippen LogP contribution in [0, 0.1) is 10.1 Å². The zero-order valence-corrected chi connectivity index (χ0v) is 8.75. The topological polar surface area (TPSA) is 69.4 Å². The minimum Gasteiger partial charge on any atom is -0.458 e. The number of esters is 1. The first-order valence-electron chi connectivity index (χ1n) is 4.68. The number of hydrogen-bond donors (Lipinski definition) is 0. The van der Waals surface area contributed by atoms with Gasteiger partial charge in [0, 0.05) is 12.1 Å². The summed E-state index contributed by atoms with van der Waals surface area (Å²) in [6.07, 6.45) is 3.46. The molecule has 0 bridgehead atoms. The van der Waals surface area contributed by atoms with Crippen LogP contribution in [0.4, 0.5) is 5.69 Å². The van der Waals surface area contributed by atoms with Crippen molar-refractivity contribution in [3.63, 3.8) is 0 Å². The maximum atomic E-state index is 11.4. The molecular weight excluding hydrogens is 210 g/mol. The van der Waals surface area contributed by atoms with Gasteiger partial charge in [0.05, 0.1) is 10.5 Å². The second-order valence-electron chi connectivity index (χ2n) is 2.97. The monoisotopic (exact) mass is 221 g/mol. The lowest BCUT2D eigenvalue weighted by Gasteiger charge is -2.01. The highest BCUT2D eigenvalue weighted by Gasteiger charge is 2.09. The van der Waals surface area contributed by atoms with E-state index >= 15 is 0 Å². The summed E-state index contributed by atoms with van der Waals surface area (Å²) in [7, 11) is 0. The van der Waals surface area contributed by atoms with Crippen LogP contribution in [-0.2, 0) is 4.74 Å². The maximum Gasteiger partial charge on any atom is 0.338 e. The lowest BCUT2D eigenvalue weighted by atomic mass is 10.2. The summed E-state index contributed by atoms with van der Waals surface area (Å²) < 4.78 is 4.87. The van der Waals surface area contributed by atoms with Crippen molar-refractivity contribution >= 4 is 11.7 Å². The van der Waals surface area contributed by atoms with Crippen LogP contribution in [0.1, 0.15) is 17.3 Å². The van der Waals surface area contributed by atoms with E-state index in [-0.39, 0.29) is 12.3 Å². The number of benzene rings is 1. The van der Waals surface area contributed by atoms with Gasteiger partial charge in [-0.2, -0.15) is 0 Å². The van der Waals surface area contributed by atoms with Crippen molar-refractivity contribution in [3.05, 3.63) is 52.1 Å². The molecular formula is C11H11NO4. The molecule has 16 heavy (non-hydrogen) atoms. The number of hydrogen-bond acceptors (Lipinski definition) is 4. The van der Waals surface area contributed by atoms with Crippen LogP contribution in [-0.4, -0.2) is 17.5 Å². The molecule has 0 amide bonds. The fraction of sp³-hybridized carbons (Fsp3) is 0.182. The Morgan fingerprint density at radius 1 is 1.44 bits per heavy atom. The molecule has 0 heterocycles. The Labute approximate surface area is 92.5 Å². The van der Waals surface area contributed by atoms with Crippen molar-refractivity contribution < 1.29 is 14.5 Å². The molecule has 0 aliphatic carbocycles. The van der Waals surface area contributed by atoms with Gasteiger partial charge in [-0.1, -0.05) is 12.2 Å². The Morgan fingerprint density at radius 3 is 2.56 bits per heavy atom. The van der Waals surface area contributed by atoms with Crippen molar-refractivity contribution in [2.24, 2.45) is 0 Å². The van der Waals surface area contributed by atoms with E-state index in [1.807, 2.05) is 6.92 Å². The molecule has 0 radical (unpaired) electrons. The van der Waals surface area contributed by atoms with E-state index in [0.717, 1.165) is 0 Å².